The van der Waals surface area contributed by atoms with Crippen molar-refractivity contribution in [1.29, 1.82) is 0 Å². The van der Waals surface area contributed by atoms with Gasteiger partial charge in [0.05, 0.1) is 23.2 Å². The third-order valence-electron chi connectivity index (χ3n) is 3.03. The summed E-state index contributed by atoms with van der Waals surface area (Å²) in [5.74, 6) is 0. The zero-order valence-electron chi connectivity index (χ0n) is 7.90. The summed E-state index contributed by atoms with van der Waals surface area (Å²) in [6, 6.07) is 0.224. The Labute approximate surface area is 84.2 Å². The number of thiocarbonyl (C=S) groups is 1. The summed E-state index contributed by atoms with van der Waals surface area (Å²) in [5.41, 5.74) is 5.63. The van der Waals surface area contributed by atoms with Crippen molar-refractivity contribution >= 4 is 17.2 Å². The van der Waals surface area contributed by atoms with Crippen LogP contribution in [0.15, 0.2) is 0 Å². The van der Waals surface area contributed by atoms with Crippen LogP contribution in [0, 0.1) is 0 Å². The maximum Gasteiger partial charge on any atom is 0.0899 e. The molecule has 3 nitrogen and oxygen atoms in total. The number of rotatable bonds is 2. The standard InChI is InChI=1S/C9H16N2OS/c1-6(9(10)13)11-4-7-2-3-8(5-11)12-7/h6-8H,2-5H2,1H3,(H2,10,13). The van der Waals surface area contributed by atoms with Gasteiger partial charge in [0, 0.05) is 13.1 Å². The Kier molecular flexibility index (Phi) is 2.53. The smallest absolute Gasteiger partial charge is 0.0899 e. The molecule has 74 valence electrons. The fourth-order valence-corrected chi connectivity index (χ4v) is 2.29. The van der Waals surface area contributed by atoms with E-state index in [1.54, 1.807) is 0 Å². The molecule has 0 aromatic heterocycles. The van der Waals surface area contributed by atoms with Crippen LogP contribution >= 0.6 is 12.2 Å². The molecule has 2 aliphatic rings. The molecule has 2 bridgehead atoms. The van der Waals surface area contributed by atoms with Crippen molar-refractivity contribution in [2.75, 3.05) is 13.1 Å². The van der Waals surface area contributed by atoms with Gasteiger partial charge in [-0.25, -0.2) is 0 Å². The molecule has 0 radical (unpaired) electrons. The molecule has 2 saturated heterocycles. The number of hydrogen-bond donors (Lipinski definition) is 1. The first-order valence-corrected chi connectivity index (χ1v) is 5.26. The third-order valence-corrected chi connectivity index (χ3v) is 3.37. The molecule has 2 heterocycles. The highest BCUT2D eigenvalue weighted by molar-refractivity contribution is 7.80. The van der Waals surface area contributed by atoms with E-state index < -0.39 is 0 Å². The highest BCUT2D eigenvalue weighted by Gasteiger charge is 2.35. The van der Waals surface area contributed by atoms with E-state index in [4.69, 9.17) is 22.7 Å². The molecule has 0 aromatic rings. The molecular formula is C9H16N2OS. The van der Waals surface area contributed by atoms with Gasteiger partial charge < -0.3 is 10.5 Å². The van der Waals surface area contributed by atoms with Crippen molar-refractivity contribution in [3.05, 3.63) is 0 Å². The van der Waals surface area contributed by atoms with E-state index >= 15 is 0 Å². The van der Waals surface area contributed by atoms with Gasteiger partial charge in [0.25, 0.3) is 0 Å². The minimum absolute atomic E-state index is 0.224. The van der Waals surface area contributed by atoms with Crippen molar-refractivity contribution in [3.63, 3.8) is 0 Å². The molecule has 4 heteroatoms. The molecule has 3 unspecified atom stereocenters. The summed E-state index contributed by atoms with van der Waals surface area (Å²) in [4.78, 5) is 2.94. The highest BCUT2D eigenvalue weighted by atomic mass is 32.1. The Morgan fingerprint density at radius 1 is 1.46 bits per heavy atom. The highest BCUT2D eigenvalue weighted by Crippen LogP contribution is 2.27. The first kappa shape index (κ1) is 9.37. The molecule has 2 N–H and O–H groups in total. The van der Waals surface area contributed by atoms with Gasteiger partial charge in [0.15, 0.2) is 0 Å². The molecule has 2 aliphatic heterocycles. The van der Waals surface area contributed by atoms with Gasteiger partial charge in [-0.1, -0.05) is 12.2 Å². The normalized spacial score (nSPS) is 36.1. The average molecular weight is 200 g/mol. The van der Waals surface area contributed by atoms with E-state index in [9.17, 15) is 0 Å². The molecule has 0 spiro atoms. The third kappa shape index (κ3) is 1.85. The van der Waals surface area contributed by atoms with Gasteiger partial charge in [-0.2, -0.15) is 0 Å². The van der Waals surface area contributed by atoms with Crippen LogP contribution in [0.5, 0.6) is 0 Å². The lowest BCUT2D eigenvalue weighted by Crippen LogP contribution is -2.50. The second-order valence-corrected chi connectivity index (χ2v) is 4.46. The lowest BCUT2D eigenvalue weighted by atomic mass is 10.2. The van der Waals surface area contributed by atoms with Crippen LogP contribution < -0.4 is 5.73 Å². The summed E-state index contributed by atoms with van der Waals surface area (Å²) in [5, 5.41) is 0. The number of morpholine rings is 1. The van der Waals surface area contributed by atoms with Gasteiger partial charge >= 0.3 is 0 Å². The number of ether oxygens (including phenoxy) is 1. The first-order chi connectivity index (χ1) is 6.16. The summed E-state index contributed by atoms with van der Waals surface area (Å²) >= 11 is 4.99. The van der Waals surface area contributed by atoms with Gasteiger partial charge in [0.1, 0.15) is 0 Å². The Bertz CT molecular complexity index is 210. The van der Waals surface area contributed by atoms with Crippen LogP contribution in [-0.4, -0.2) is 41.2 Å². The average Bonchev–Trinajstić information content (AvgIpc) is 2.44. The molecule has 13 heavy (non-hydrogen) atoms. The van der Waals surface area contributed by atoms with Crippen molar-refractivity contribution in [2.45, 2.75) is 38.0 Å². The quantitative estimate of drug-likeness (QED) is 0.660. The second kappa shape index (κ2) is 3.52. The summed E-state index contributed by atoms with van der Waals surface area (Å²) in [6.45, 7) is 4.07. The number of likely N-dealkylation sites (tertiary alicyclic amines) is 1. The van der Waals surface area contributed by atoms with Gasteiger partial charge in [-0.15, -0.1) is 0 Å². The molecule has 0 aromatic carbocycles. The summed E-state index contributed by atoms with van der Waals surface area (Å²) in [7, 11) is 0. The van der Waals surface area contributed by atoms with Crippen LogP contribution in [0.4, 0.5) is 0 Å². The van der Waals surface area contributed by atoms with Crippen LogP contribution in [0.25, 0.3) is 0 Å². The van der Waals surface area contributed by atoms with Gasteiger partial charge in [0.2, 0.25) is 0 Å². The monoisotopic (exact) mass is 200 g/mol. The topological polar surface area (TPSA) is 38.5 Å². The fourth-order valence-electron chi connectivity index (χ4n) is 2.14. The van der Waals surface area contributed by atoms with Crippen LogP contribution in [-0.2, 0) is 4.74 Å². The lowest BCUT2D eigenvalue weighted by Gasteiger charge is -2.35. The molecule has 2 rings (SSSR count). The van der Waals surface area contributed by atoms with E-state index in [0.717, 1.165) is 13.1 Å². The Balaban J connectivity index is 1.98. The maximum atomic E-state index is 5.73. The predicted octanol–water partition coefficient (Wildman–Crippen LogP) is 0.524. The number of nitrogens with zero attached hydrogens (tertiary/aromatic N) is 1. The first-order valence-electron chi connectivity index (χ1n) is 4.85. The molecule has 3 atom stereocenters. The molecule has 0 aliphatic carbocycles. The zero-order valence-corrected chi connectivity index (χ0v) is 8.72. The Morgan fingerprint density at radius 2 is 2.00 bits per heavy atom. The van der Waals surface area contributed by atoms with E-state index in [1.165, 1.54) is 12.8 Å². The largest absolute Gasteiger partial charge is 0.392 e. The Hall–Kier alpha value is -0.190. The van der Waals surface area contributed by atoms with Crippen molar-refractivity contribution < 1.29 is 4.74 Å². The molecule has 0 amide bonds. The zero-order chi connectivity index (χ0) is 9.42. The van der Waals surface area contributed by atoms with E-state index in [-0.39, 0.29) is 6.04 Å². The molecule has 2 fully saturated rings. The van der Waals surface area contributed by atoms with Crippen LogP contribution in [0.3, 0.4) is 0 Å². The van der Waals surface area contributed by atoms with Crippen LogP contribution in [0.2, 0.25) is 0 Å². The predicted molar refractivity (Wildman–Crippen MR) is 55.7 cm³/mol. The van der Waals surface area contributed by atoms with E-state index in [0.29, 0.717) is 17.2 Å². The fraction of sp³-hybridized carbons (Fsp3) is 0.889. The van der Waals surface area contributed by atoms with Crippen molar-refractivity contribution in [3.8, 4) is 0 Å². The minimum atomic E-state index is 0.224. The van der Waals surface area contributed by atoms with Crippen molar-refractivity contribution in [1.82, 2.24) is 4.90 Å². The number of fused-ring (bicyclic) bond motifs is 2. The SMILES string of the molecule is CC(C(N)=S)N1CC2CCC(C1)O2. The van der Waals surface area contributed by atoms with Gasteiger partial charge in [-0.05, 0) is 19.8 Å². The van der Waals surface area contributed by atoms with E-state index in [2.05, 4.69) is 11.8 Å². The minimum Gasteiger partial charge on any atom is -0.392 e. The molecule has 0 saturated carbocycles. The number of nitrogens with two attached hydrogens (primary N) is 1. The number of hydrogen-bond acceptors (Lipinski definition) is 3. The van der Waals surface area contributed by atoms with Gasteiger partial charge in [-0.3, -0.25) is 4.90 Å². The maximum absolute atomic E-state index is 5.73. The summed E-state index contributed by atoms with van der Waals surface area (Å²) < 4.78 is 5.73. The van der Waals surface area contributed by atoms with Crippen LogP contribution in [0.1, 0.15) is 19.8 Å². The molecular weight excluding hydrogens is 184 g/mol. The second-order valence-electron chi connectivity index (χ2n) is 3.99. The lowest BCUT2D eigenvalue weighted by molar-refractivity contribution is -0.0424. The Morgan fingerprint density at radius 3 is 2.46 bits per heavy atom. The van der Waals surface area contributed by atoms with E-state index in [1.807, 2.05) is 0 Å². The summed E-state index contributed by atoms with van der Waals surface area (Å²) in [6.07, 6.45) is 3.25. The van der Waals surface area contributed by atoms with Crippen molar-refractivity contribution in [2.24, 2.45) is 5.73 Å².